The topological polar surface area (TPSA) is 98.2 Å². The Morgan fingerprint density at radius 2 is 1.42 bits per heavy atom. The number of hydrogen-bond donors (Lipinski definition) is 2. The van der Waals surface area contributed by atoms with Crippen molar-refractivity contribution in [1.29, 1.82) is 0 Å². The lowest BCUT2D eigenvalue weighted by atomic mass is 10.1. The van der Waals surface area contributed by atoms with Crippen LogP contribution in [0.5, 0.6) is 17.2 Å². The summed E-state index contributed by atoms with van der Waals surface area (Å²) in [6, 6.07) is 17.1. The van der Waals surface area contributed by atoms with E-state index in [2.05, 4.69) is 31.8 Å². The van der Waals surface area contributed by atoms with E-state index in [1.54, 1.807) is 42.6 Å². The van der Waals surface area contributed by atoms with Gasteiger partial charge in [-0.3, -0.25) is 9.59 Å². The average molecular weight is 512 g/mol. The predicted molar refractivity (Wildman–Crippen MR) is 130 cm³/mol. The van der Waals surface area contributed by atoms with Gasteiger partial charge in [0.2, 0.25) is 5.75 Å². The summed E-state index contributed by atoms with van der Waals surface area (Å²) in [5.74, 6) is 0.404. The zero-order valence-electron chi connectivity index (χ0n) is 18.2. The molecule has 3 rings (SSSR count). The van der Waals surface area contributed by atoms with Crippen LogP contribution in [0.4, 0.5) is 5.69 Å². The third kappa shape index (κ3) is 6.11. The zero-order valence-corrected chi connectivity index (χ0v) is 19.8. The van der Waals surface area contributed by atoms with E-state index in [0.29, 0.717) is 34.1 Å². The molecule has 33 heavy (non-hydrogen) atoms. The SMILES string of the molecule is COc1cc(C(=O)Nc2ccc(C(=O)N/N=C\c3ccc(Br)cc3)cc2)cc(OC)c1OC. The summed E-state index contributed by atoms with van der Waals surface area (Å²) >= 11 is 3.36. The van der Waals surface area contributed by atoms with Gasteiger partial charge in [-0.15, -0.1) is 0 Å². The molecule has 0 aromatic heterocycles. The van der Waals surface area contributed by atoms with Crippen LogP contribution in [0.2, 0.25) is 0 Å². The number of halogens is 1. The van der Waals surface area contributed by atoms with Crippen molar-refractivity contribution < 1.29 is 23.8 Å². The molecule has 170 valence electrons. The largest absolute Gasteiger partial charge is 0.493 e. The maximum atomic E-state index is 12.7. The Morgan fingerprint density at radius 3 is 1.97 bits per heavy atom. The van der Waals surface area contributed by atoms with Crippen molar-refractivity contribution in [3.8, 4) is 17.2 Å². The molecule has 9 heteroatoms. The van der Waals surface area contributed by atoms with Crippen molar-refractivity contribution in [2.24, 2.45) is 5.10 Å². The second-order valence-corrected chi connectivity index (χ2v) is 7.61. The number of ether oxygens (including phenoxy) is 3. The van der Waals surface area contributed by atoms with Crippen LogP contribution in [-0.4, -0.2) is 39.4 Å². The smallest absolute Gasteiger partial charge is 0.271 e. The van der Waals surface area contributed by atoms with E-state index in [1.165, 1.54) is 21.3 Å². The molecule has 8 nitrogen and oxygen atoms in total. The highest BCUT2D eigenvalue weighted by atomic mass is 79.9. The van der Waals surface area contributed by atoms with Crippen molar-refractivity contribution in [2.75, 3.05) is 26.6 Å². The number of hydrogen-bond acceptors (Lipinski definition) is 6. The van der Waals surface area contributed by atoms with E-state index in [1.807, 2.05) is 24.3 Å². The van der Waals surface area contributed by atoms with Gasteiger partial charge in [-0.2, -0.15) is 5.10 Å². The van der Waals surface area contributed by atoms with E-state index < -0.39 is 0 Å². The first-order valence-electron chi connectivity index (χ1n) is 9.75. The van der Waals surface area contributed by atoms with Gasteiger partial charge in [0.05, 0.1) is 27.5 Å². The van der Waals surface area contributed by atoms with E-state index in [4.69, 9.17) is 14.2 Å². The van der Waals surface area contributed by atoms with Crippen LogP contribution in [0.3, 0.4) is 0 Å². The van der Waals surface area contributed by atoms with Gasteiger partial charge < -0.3 is 19.5 Å². The zero-order chi connectivity index (χ0) is 23.8. The van der Waals surface area contributed by atoms with Crippen LogP contribution in [-0.2, 0) is 0 Å². The van der Waals surface area contributed by atoms with Crippen molar-refractivity contribution in [2.45, 2.75) is 0 Å². The molecular weight excluding hydrogens is 490 g/mol. The lowest BCUT2D eigenvalue weighted by Gasteiger charge is -2.14. The maximum Gasteiger partial charge on any atom is 0.271 e. The molecule has 2 amide bonds. The number of amides is 2. The highest BCUT2D eigenvalue weighted by Crippen LogP contribution is 2.38. The summed E-state index contributed by atoms with van der Waals surface area (Å²) in [6.45, 7) is 0. The molecule has 0 heterocycles. The molecule has 0 bridgehead atoms. The quantitative estimate of drug-likeness (QED) is 0.343. The van der Waals surface area contributed by atoms with E-state index in [9.17, 15) is 9.59 Å². The number of hydrazone groups is 1. The molecular formula is C24H22BrN3O5. The summed E-state index contributed by atoms with van der Waals surface area (Å²) in [5.41, 5.74) is 4.57. The number of carbonyl (C=O) groups excluding carboxylic acids is 2. The van der Waals surface area contributed by atoms with Gasteiger partial charge >= 0.3 is 0 Å². The molecule has 0 saturated carbocycles. The van der Waals surface area contributed by atoms with Gasteiger partial charge in [0.1, 0.15) is 0 Å². The van der Waals surface area contributed by atoms with Crippen LogP contribution in [0.1, 0.15) is 26.3 Å². The fourth-order valence-corrected chi connectivity index (χ4v) is 3.16. The molecule has 3 aromatic rings. The lowest BCUT2D eigenvalue weighted by molar-refractivity contribution is 0.0954. The molecule has 2 N–H and O–H groups in total. The third-order valence-electron chi connectivity index (χ3n) is 4.58. The van der Waals surface area contributed by atoms with Crippen LogP contribution in [0, 0.1) is 0 Å². The maximum absolute atomic E-state index is 12.7. The number of nitrogens with one attached hydrogen (secondary N) is 2. The van der Waals surface area contributed by atoms with E-state index >= 15 is 0 Å². The summed E-state index contributed by atoms with van der Waals surface area (Å²) in [6.07, 6.45) is 1.55. The van der Waals surface area contributed by atoms with Crippen LogP contribution in [0.15, 0.2) is 70.2 Å². The Balaban J connectivity index is 1.64. The fraction of sp³-hybridized carbons (Fsp3) is 0.125. The third-order valence-corrected chi connectivity index (χ3v) is 5.11. The number of benzene rings is 3. The Hall–Kier alpha value is -3.85. The molecule has 0 saturated heterocycles. The van der Waals surface area contributed by atoms with E-state index in [-0.39, 0.29) is 11.8 Å². The highest BCUT2D eigenvalue weighted by molar-refractivity contribution is 9.10. The number of methoxy groups -OCH3 is 3. The van der Waals surface area contributed by atoms with Crippen LogP contribution >= 0.6 is 15.9 Å². The van der Waals surface area contributed by atoms with Crippen molar-refractivity contribution in [3.63, 3.8) is 0 Å². The molecule has 0 fully saturated rings. The predicted octanol–water partition coefficient (Wildman–Crippen LogP) is 4.49. The molecule has 3 aromatic carbocycles. The first kappa shape index (κ1) is 23.8. The molecule has 0 aliphatic heterocycles. The minimum absolute atomic E-state index is 0.327. The summed E-state index contributed by atoms with van der Waals surface area (Å²) in [5, 5.41) is 6.74. The lowest BCUT2D eigenvalue weighted by Crippen LogP contribution is -2.18. The average Bonchev–Trinajstić information content (AvgIpc) is 2.84. The Kier molecular flexibility index (Phi) is 8.04. The van der Waals surface area contributed by atoms with Gasteiger partial charge in [-0.1, -0.05) is 28.1 Å². The molecule has 0 radical (unpaired) electrons. The molecule has 0 atom stereocenters. The standard InChI is InChI=1S/C24H22BrN3O5/c1-31-20-12-17(13-21(32-2)22(20)33-3)23(29)27-19-10-6-16(7-11-19)24(30)28-26-14-15-4-8-18(25)9-5-15/h4-14H,1-3H3,(H,27,29)(H,28,30)/b26-14-. The van der Waals surface area contributed by atoms with Crippen molar-refractivity contribution in [3.05, 3.63) is 81.8 Å². The monoisotopic (exact) mass is 511 g/mol. The summed E-state index contributed by atoms with van der Waals surface area (Å²) in [7, 11) is 4.45. The normalized spacial score (nSPS) is 10.5. The Labute approximate surface area is 199 Å². The number of carbonyl (C=O) groups is 2. The van der Waals surface area contributed by atoms with Crippen LogP contribution < -0.4 is 25.0 Å². The van der Waals surface area contributed by atoms with Gasteiger partial charge in [-0.05, 0) is 54.1 Å². The molecule has 0 aliphatic rings. The Bertz CT molecular complexity index is 1140. The van der Waals surface area contributed by atoms with Crippen molar-refractivity contribution in [1.82, 2.24) is 5.43 Å². The minimum Gasteiger partial charge on any atom is -0.493 e. The second kappa shape index (κ2) is 11.1. The van der Waals surface area contributed by atoms with Gasteiger partial charge in [0, 0.05) is 21.3 Å². The van der Waals surface area contributed by atoms with Crippen molar-refractivity contribution >= 4 is 39.6 Å². The molecule has 0 aliphatic carbocycles. The van der Waals surface area contributed by atoms with Gasteiger partial charge in [0.15, 0.2) is 11.5 Å². The number of rotatable bonds is 8. The molecule has 0 spiro atoms. The van der Waals surface area contributed by atoms with Crippen LogP contribution in [0.25, 0.3) is 0 Å². The first-order chi connectivity index (χ1) is 15.9. The first-order valence-corrected chi connectivity index (χ1v) is 10.5. The molecule has 0 unspecified atom stereocenters. The van der Waals surface area contributed by atoms with Gasteiger partial charge in [0.25, 0.3) is 11.8 Å². The highest BCUT2D eigenvalue weighted by Gasteiger charge is 2.17. The summed E-state index contributed by atoms with van der Waals surface area (Å²) < 4.78 is 16.8. The number of anilines is 1. The fourth-order valence-electron chi connectivity index (χ4n) is 2.90. The Morgan fingerprint density at radius 1 is 0.818 bits per heavy atom. The number of nitrogens with zero attached hydrogens (tertiary/aromatic N) is 1. The summed E-state index contributed by atoms with van der Waals surface area (Å²) in [4.78, 5) is 25.0. The second-order valence-electron chi connectivity index (χ2n) is 6.70. The van der Waals surface area contributed by atoms with E-state index in [0.717, 1.165) is 10.0 Å². The van der Waals surface area contributed by atoms with Gasteiger partial charge in [-0.25, -0.2) is 5.43 Å². The minimum atomic E-state index is -0.370.